The first-order valence-corrected chi connectivity index (χ1v) is 33.6. The van der Waals surface area contributed by atoms with Crippen molar-refractivity contribution in [2.75, 3.05) is 26.4 Å². The summed E-state index contributed by atoms with van der Waals surface area (Å²) in [5, 5.41) is 3.60. The first-order chi connectivity index (χ1) is 44.0. The van der Waals surface area contributed by atoms with Crippen molar-refractivity contribution in [2.45, 2.75) is 181 Å². The highest BCUT2D eigenvalue weighted by Gasteiger charge is 2.20. The quantitative estimate of drug-likeness (QED) is 0.0209. The van der Waals surface area contributed by atoms with Crippen molar-refractivity contribution >= 4 is 45.4 Å². The van der Waals surface area contributed by atoms with Crippen LogP contribution in [-0.2, 0) is 19.1 Å². The van der Waals surface area contributed by atoms with E-state index in [2.05, 4.69) is 13.8 Å². The predicted molar refractivity (Wildman–Crippen MR) is 364 cm³/mol. The zero-order chi connectivity index (χ0) is 63.1. The van der Waals surface area contributed by atoms with Crippen LogP contribution < -0.4 is 18.9 Å². The van der Waals surface area contributed by atoms with Gasteiger partial charge in [0.1, 0.15) is 23.0 Å². The molecule has 0 spiro atoms. The smallest absolute Gasteiger partial charge is 0.343 e. The summed E-state index contributed by atoms with van der Waals surface area (Å²) in [7, 11) is 0. The maximum atomic E-state index is 13.2. The van der Waals surface area contributed by atoms with Gasteiger partial charge in [-0.3, -0.25) is 9.59 Å². The van der Waals surface area contributed by atoms with E-state index in [1.807, 2.05) is 147 Å². The highest BCUT2D eigenvalue weighted by Crippen LogP contribution is 2.31. The fraction of sp³-hybridized carbons (Fsp3) is 0.400. The molecule has 0 aliphatic heterocycles. The molecule has 8 aromatic rings. The van der Waals surface area contributed by atoms with Gasteiger partial charge in [0.25, 0.3) is 0 Å². The number of unbranched alkanes of at least 4 members (excludes halogenated alkanes) is 19. The number of benzene rings is 8. The van der Waals surface area contributed by atoms with Gasteiger partial charge in [-0.1, -0.05) is 214 Å². The molecule has 0 radical (unpaired) electrons. The van der Waals surface area contributed by atoms with Crippen molar-refractivity contribution in [3.8, 4) is 45.3 Å². The van der Waals surface area contributed by atoms with Crippen molar-refractivity contribution in [1.29, 1.82) is 0 Å². The largest absolute Gasteiger partial charge is 0.494 e. The van der Waals surface area contributed by atoms with E-state index in [9.17, 15) is 19.2 Å². The van der Waals surface area contributed by atoms with Gasteiger partial charge < -0.3 is 28.4 Å². The summed E-state index contributed by atoms with van der Waals surface area (Å²) >= 11 is 0. The highest BCUT2D eigenvalue weighted by molar-refractivity contribution is 5.94. The van der Waals surface area contributed by atoms with Crippen molar-refractivity contribution in [1.82, 2.24) is 0 Å². The monoisotopic (exact) mass is 1210 g/mol. The summed E-state index contributed by atoms with van der Waals surface area (Å²) in [5.41, 5.74) is 6.66. The lowest BCUT2D eigenvalue weighted by molar-refractivity contribution is -0.146. The van der Waals surface area contributed by atoms with Crippen LogP contribution in [0.1, 0.15) is 213 Å². The molecule has 90 heavy (non-hydrogen) atoms. The van der Waals surface area contributed by atoms with Crippen molar-refractivity contribution < 1.29 is 47.6 Å². The van der Waals surface area contributed by atoms with E-state index < -0.39 is 23.8 Å². The molecule has 0 N–H and O–H groups in total. The molecule has 0 heterocycles. The molecule has 2 atom stereocenters. The molecule has 2 unspecified atom stereocenters. The minimum absolute atomic E-state index is 0.294. The molecule has 8 rings (SSSR count). The fourth-order valence-corrected chi connectivity index (χ4v) is 11.2. The zero-order valence-electron chi connectivity index (χ0n) is 53.8. The van der Waals surface area contributed by atoms with Gasteiger partial charge in [-0.25, -0.2) is 9.59 Å². The van der Waals surface area contributed by atoms with Gasteiger partial charge in [0, 0.05) is 0 Å². The number of carbonyl (C=O) groups is 4. The van der Waals surface area contributed by atoms with E-state index in [4.69, 9.17) is 28.4 Å². The van der Waals surface area contributed by atoms with Crippen molar-refractivity contribution in [2.24, 2.45) is 0 Å². The van der Waals surface area contributed by atoms with Crippen LogP contribution in [-0.4, -0.2) is 50.3 Å². The normalized spacial score (nSPS) is 11.9. The Bertz CT molecular complexity index is 3250. The summed E-state index contributed by atoms with van der Waals surface area (Å²) in [5.74, 6) is 0.199. The lowest BCUT2D eigenvalue weighted by atomic mass is 9.98. The van der Waals surface area contributed by atoms with E-state index in [1.165, 1.54) is 103 Å². The second kappa shape index (κ2) is 37.0. The Kier molecular flexibility index (Phi) is 27.9. The third-order valence-corrected chi connectivity index (χ3v) is 17.0. The van der Waals surface area contributed by atoms with Crippen LogP contribution in [0, 0.1) is 0 Å². The molecule has 0 saturated heterocycles. The van der Waals surface area contributed by atoms with E-state index in [0.717, 1.165) is 105 Å². The first kappa shape index (κ1) is 67.7. The molecule has 0 fully saturated rings. The number of hydrogen-bond acceptors (Lipinski definition) is 10. The summed E-state index contributed by atoms with van der Waals surface area (Å²) in [6.07, 6.45) is 26.2. The van der Waals surface area contributed by atoms with Crippen molar-refractivity contribution in [3.05, 3.63) is 192 Å². The standard InChI is InChI=1S/C80H94O10/c1-5-7-9-11-13-15-17-19-23-51-85-73-45-39-63(40-46-73)61-27-31-65(32-28-61)79(83)89-75-49-43-69-55-67(35-37-71(69)57-75)59(3)77(81)87-53-25-21-22-26-54-88-78(82)60(4)68-36-38-72-58-76(50-44-70(72)56-68)90-80(84)66-33-29-62(30-34-66)64-41-47-74(48-42-64)86-52-24-20-18-16-14-12-10-8-6-2/h27-50,55-60H,5-26,51-54H2,1-4H3. The molecule has 0 aliphatic rings. The summed E-state index contributed by atoms with van der Waals surface area (Å²) in [6.45, 7) is 10.3. The molecule has 0 saturated carbocycles. The first-order valence-electron chi connectivity index (χ1n) is 33.6. The molecular weight excluding hydrogens is 1120 g/mol. The maximum Gasteiger partial charge on any atom is 0.343 e. The predicted octanol–water partition coefficient (Wildman–Crippen LogP) is 21.1. The summed E-state index contributed by atoms with van der Waals surface area (Å²) in [4.78, 5) is 52.6. The van der Waals surface area contributed by atoms with E-state index >= 15 is 0 Å². The third-order valence-electron chi connectivity index (χ3n) is 17.0. The van der Waals surface area contributed by atoms with Gasteiger partial charge in [0.05, 0.1) is 49.4 Å². The molecule has 8 aromatic carbocycles. The van der Waals surface area contributed by atoms with E-state index in [0.29, 0.717) is 48.7 Å². The number of ether oxygens (including phenoxy) is 6. The average molecular weight is 1220 g/mol. The highest BCUT2D eigenvalue weighted by atomic mass is 16.5. The van der Waals surface area contributed by atoms with Crippen LogP contribution in [0.4, 0.5) is 0 Å². The Morgan fingerprint density at radius 3 is 0.922 bits per heavy atom. The van der Waals surface area contributed by atoms with Crippen LogP contribution in [0.3, 0.4) is 0 Å². The lowest BCUT2D eigenvalue weighted by Gasteiger charge is -2.14. The average Bonchev–Trinajstić information content (AvgIpc) is 1.25. The lowest BCUT2D eigenvalue weighted by Crippen LogP contribution is -2.14. The Balaban J connectivity index is 0.674. The summed E-state index contributed by atoms with van der Waals surface area (Å²) < 4.78 is 34.9. The van der Waals surface area contributed by atoms with Gasteiger partial charge in [0.2, 0.25) is 0 Å². The zero-order valence-corrected chi connectivity index (χ0v) is 53.8. The van der Waals surface area contributed by atoms with Gasteiger partial charge in [-0.2, -0.15) is 0 Å². The van der Waals surface area contributed by atoms with Crippen molar-refractivity contribution in [3.63, 3.8) is 0 Å². The maximum absolute atomic E-state index is 13.2. The van der Waals surface area contributed by atoms with Crippen LogP contribution in [0.25, 0.3) is 43.8 Å². The number of fused-ring (bicyclic) bond motifs is 2. The minimum Gasteiger partial charge on any atom is -0.494 e. The van der Waals surface area contributed by atoms with Crippen LogP contribution in [0.15, 0.2) is 170 Å². The molecule has 0 amide bonds. The SMILES string of the molecule is CCCCCCCCCCCOc1ccc(-c2ccc(C(=O)Oc3ccc4cc(C(C)C(=O)OCCCCCCOC(=O)C(C)c5ccc6cc(OC(=O)c7ccc(-c8ccc(OCCCCCCCCCCC)cc8)cc7)ccc6c5)ccc4c3)cc2)cc1. The molecule has 0 aliphatic carbocycles. The van der Waals surface area contributed by atoms with Gasteiger partial charge in [-0.05, 0) is 180 Å². The van der Waals surface area contributed by atoms with Crippen LogP contribution in [0.5, 0.6) is 23.0 Å². The number of hydrogen-bond donors (Lipinski definition) is 0. The summed E-state index contributed by atoms with van der Waals surface area (Å²) in [6, 6.07) is 53.6. The molecular formula is C80H94O10. The molecule has 0 aromatic heterocycles. The van der Waals surface area contributed by atoms with Gasteiger partial charge >= 0.3 is 23.9 Å². The molecule has 0 bridgehead atoms. The Morgan fingerprint density at radius 2 is 0.578 bits per heavy atom. The number of carbonyl (C=O) groups excluding carboxylic acids is 4. The molecule has 474 valence electrons. The van der Waals surface area contributed by atoms with Crippen LogP contribution in [0.2, 0.25) is 0 Å². The third kappa shape index (κ3) is 21.8. The van der Waals surface area contributed by atoms with Gasteiger partial charge in [-0.15, -0.1) is 0 Å². The Hall–Kier alpha value is -8.24. The topological polar surface area (TPSA) is 124 Å². The molecule has 10 nitrogen and oxygen atoms in total. The van der Waals surface area contributed by atoms with E-state index in [-0.39, 0.29) is 11.9 Å². The second-order valence-electron chi connectivity index (χ2n) is 24.1. The second-order valence-corrected chi connectivity index (χ2v) is 24.1. The number of rotatable bonds is 39. The van der Waals surface area contributed by atoms with Gasteiger partial charge in [0.15, 0.2) is 0 Å². The Labute approximate surface area is 535 Å². The Morgan fingerprint density at radius 1 is 0.300 bits per heavy atom. The fourth-order valence-electron chi connectivity index (χ4n) is 11.2. The minimum atomic E-state index is -0.465. The van der Waals surface area contributed by atoms with E-state index in [1.54, 1.807) is 36.4 Å². The number of esters is 4. The van der Waals surface area contributed by atoms with Crippen LogP contribution >= 0.6 is 0 Å². The molecule has 10 heteroatoms.